The average molecular weight is 555 g/mol. The second-order valence-electron chi connectivity index (χ2n) is 6.54. The molecular weight excluding hydrogens is 540 g/mol. The Labute approximate surface area is 214 Å². The predicted octanol–water partition coefficient (Wildman–Crippen LogP) is 4.73. The van der Waals surface area contributed by atoms with Gasteiger partial charge in [0, 0.05) is 4.88 Å². The van der Waals surface area contributed by atoms with Crippen molar-refractivity contribution in [2.24, 2.45) is 0 Å². The van der Waals surface area contributed by atoms with Gasteiger partial charge in [-0.15, -0.1) is 20.2 Å². The third-order valence-electron chi connectivity index (χ3n) is 4.10. The first kappa shape index (κ1) is 26.5. The second-order valence-corrected chi connectivity index (χ2v) is 9.45. The molecule has 0 aliphatic heterocycles. The molecule has 1 unspecified atom stereocenters. The molecule has 0 aliphatic rings. The molecule has 0 spiro atoms. The molecule has 13 nitrogen and oxygen atoms in total. The van der Waals surface area contributed by atoms with Gasteiger partial charge in [0.05, 0.1) is 0 Å². The highest BCUT2D eigenvalue weighted by molar-refractivity contribution is 7.80. The lowest BCUT2D eigenvalue weighted by Gasteiger charge is -2.15. The number of hydrogen-bond donors (Lipinski definition) is 0. The molecule has 0 saturated carbocycles. The van der Waals surface area contributed by atoms with Crippen LogP contribution in [0, 0.1) is 24.1 Å². The van der Waals surface area contributed by atoms with Gasteiger partial charge in [0.25, 0.3) is 10.2 Å². The van der Waals surface area contributed by atoms with E-state index >= 15 is 0 Å². The Morgan fingerprint density at radius 1 is 0.944 bits per heavy atom. The Bertz CT molecular complexity index is 1310. The van der Waals surface area contributed by atoms with E-state index in [0.29, 0.717) is 0 Å². The fraction of sp³-hybridized carbons (Fsp3) is 0.150. The molecule has 0 radical (unpaired) electrons. The van der Waals surface area contributed by atoms with Crippen LogP contribution in [-0.4, -0.2) is 41.6 Å². The van der Waals surface area contributed by atoms with Crippen LogP contribution in [0.2, 0.25) is 0 Å². The standard InChI is InChI=1S/C20H14N2O11S3/c23-19(29-10-14(33-22(27)28)11-30-21(25)26)15-3-1-2-4-16(15)32-20(24)31-13-7-5-12(6-8-13)17-9-18(34)36-35-17/h1-9,14H,10-11H2. The summed E-state index contributed by atoms with van der Waals surface area (Å²) in [5.41, 5.74) is 0.683. The summed E-state index contributed by atoms with van der Waals surface area (Å²) in [7, 11) is 3.00. The minimum atomic E-state index is -1.57. The molecule has 0 saturated heterocycles. The highest BCUT2D eigenvalue weighted by Gasteiger charge is 2.22. The number of carbonyl (C=O) groups excluding carboxylic acids is 2. The van der Waals surface area contributed by atoms with Gasteiger partial charge in [0.2, 0.25) is 0 Å². The van der Waals surface area contributed by atoms with Crippen LogP contribution in [0.3, 0.4) is 0 Å². The van der Waals surface area contributed by atoms with Gasteiger partial charge in [-0.25, -0.2) is 9.59 Å². The first-order valence-electron chi connectivity index (χ1n) is 9.66. The number of rotatable bonds is 11. The molecule has 0 fully saturated rings. The molecule has 3 rings (SSSR count). The summed E-state index contributed by atoms with van der Waals surface area (Å²) in [6, 6.07) is 14.0. The van der Waals surface area contributed by atoms with Crippen molar-refractivity contribution >= 4 is 45.0 Å². The van der Waals surface area contributed by atoms with Gasteiger partial charge in [0.1, 0.15) is 34.1 Å². The van der Waals surface area contributed by atoms with Gasteiger partial charge in [0.15, 0.2) is 6.10 Å². The normalized spacial score (nSPS) is 11.1. The number of nitrogens with zero attached hydrogens (tertiary/aromatic N) is 2. The van der Waals surface area contributed by atoms with Gasteiger partial charge in [-0.05, 0) is 48.0 Å². The van der Waals surface area contributed by atoms with Crippen LogP contribution in [0.1, 0.15) is 10.4 Å². The molecule has 0 N–H and O–H groups in total. The maximum atomic E-state index is 12.4. The summed E-state index contributed by atoms with van der Waals surface area (Å²) in [5, 5.41) is 18.4. The van der Waals surface area contributed by atoms with Gasteiger partial charge in [-0.1, -0.05) is 45.0 Å². The van der Waals surface area contributed by atoms with Crippen LogP contribution in [0.4, 0.5) is 4.79 Å². The average Bonchev–Trinajstić information content (AvgIpc) is 3.27. The fourth-order valence-corrected chi connectivity index (χ4v) is 5.01. The molecule has 1 heterocycles. The lowest BCUT2D eigenvalue weighted by Crippen LogP contribution is -2.30. The van der Waals surface area contributed by atoms with Crippen LogP contribution < -0.4 is 9.47 Å². The SMILES string of the molecule is O=C(Oc1ccc(-c2cc(=S)ss2)cc1)Oc1ccccc1C(=O)OCC(CO[N+](=O)[O-])O[N+](=O)[O-]. The van der Waals surface area contributed by atoms with Crippen molar-refractivity contribution in [2.45, 2.75) is 6.10 Å². The van der Waals surface area contributed by atoms with Crippen LogP contribution in [0.5, 0.6) is 11.5 Å². The van der Waals surface area contributed by atoms with Crippen molar-refractivity contribution in [1.29, 1.82) is 0 Å². The largest absolute Gasteiger partial charge is 0.519 e. The molecule has 3 aromatic rings. The molecule has 0 bridgehead atoms. The van der Waals surface area contributed by atoms with E-state index in [9.17, 15) is 29.8 Å². The molecular formula is C20H14N2O11S3. The van der Waals surface area contributed by atoms with Gasteiger partial charge < -0.3 is 23.9 Å². The van der Waals surface area contributed by atoms with Crippen LogP contribution in [0.25, 0.3) is 10.4 Å². The predicted molar refractivity (Wildman–Crippen MR) is 127 cm³/mol. The zero-order valence-corrected chi connectivity index (χ0v) is 20.2. The highest BCUT2D eigenvalue weighted by atomic mass is 32.9. The molecule has 1 atom stereocenters. The lowest BCUT2D eigenvalue weighted by atomic mass is 10.2. The van der Waals surface area contributed by atoms with E-state index in [0.717, 1.165) is 14.3 Å². The number of benzene rings is 2. The summed E-state index contributed by atoms with van der Waals surface area (Å²) >= 11 is 5.12. The number of esters is 1. The van der Waals surface area contributed by atoms with Crippen LogP contribution >= 0.6 is 32.9 Å². The third kappa shape index (κ3) is 7.97. The van der Waals surface area contributed by atoms with Gasteiger partial charge in [-0.2, -0.15) is 0 Å². The Hall–Kier alpha value is -4.15. The topological polar surface area (TPSA) is 167 Å². The van der Waals surface area contributed by atoms with Gasteiger partial charge in [-0.3, -0.25) is 0 Å². The first-order chi connectivity index (χ1) is 17.2. The zero-order chi connectivity index (χ0) is 26.1. The van der Waals surface area contributed by atoms with Crippen molar-refractivity contribution in [2.75, 3.05) is 13.2 Å². The van der Waals surface area contributed by atoms with E-state index in [-0.39, 0.29) is 17.1 Å². The van der Waals surface area contributed by atoms with Crippen molar-refractivity contribution < 1.29 is 43.6 Å². The minimum absolute atomic E-state index is 0.188. The smallest absolute Gasteiger partial charge is 0.460 e. The van der Waals surface area contributed by atoms with E-state index in [1.54, 1.807) is 24.3 Å². The monoisotopic (exact) mass is 554 g/mol. The van der Waals surface area contributed by atoms with Crippen molar-refractivity contribution in [3.8, 4) is 21.9 Å². The van der Waals surface area contributed by atoms with Crippen LogP contribution in [-0.2, 0) is 14.4 Å². The second kappa shape index (κ2) is 12.5. The fourth-order valence-electron chi connectivity index (χ4n) is 2.61. The molecule has 16 heteroatoms. The van der Waals surface area contributed by atoms with Crippen molar-refractivity contribution in [3.05, 3.63) is 84.2 Å². The zero-order valence-electron chi connectivity index (χ0n) is 17.8. The molecule has 188 valence electrons. The third-order valence-corrected chi connectivity index (χ3v) is 7.01. The number of para-hydroxylation sites is 1. The first-order valence-corrected chi connectivity index (χ1v) is 12.2. The van der Waals surface area contributed by atoms with E-state index in [4.69, 9.17) is 26.4 Å². The maximum Gasteiger partial charge on any atom is 0.519 e. The summed E-state index contributed by atoms with van der Waals surface area (Å²) in [5.74, 6) is -1.07. The minimum Gasteiger partial charge on any atom is -0.460 e. The number of hydrogen-bond acceptors (Lipinski definition) is 14. The molecule has 2 aromatic carbocycles. The molecule has 36 heavy (non-hydrogen) atoms. The Morgan fingerprint density at radius 3 is 2.31 bits per heavy atom. The summed E-state index contributed by atoms with van der Waals surface area (Å²) < 4.78 is 15.9. The number of carbonyl (C=O) groups is 2. The molecule has 0 aliphatic carbocycles. The number of ether oxygens (including phenoxy) is 3. The van der Waals surface area contributed by atoms with Gasteiger partial charge >= 0.3 is 12.1 Å². The van der Waals surface area contributed by atoms with E-state index in [2.05, 4.69) is 9.68 Å². The lowest BCUT2D eigenvalue weighted by molar-refractivity contribution is -0.790. The summed E-state index contributed by atoms with van der Waals surface area (Å²) in [6.45, 7) is -1.61. The molecule has 1 aromatic heterocycles. The van der Waals surface area contributed by atoms with Crippen molar-refractivity contribution in [1.82, 2.24) is 0 Å². The Balaban J connectivity index is 1.61. The van der Waals surface area contributed by atoms with Crippen LogP contribution in [0.15, 0.2) is 54.6 Å². The van der Waals surface area contributed by atoms with E-state index < -0.39 is 41.6 Å². The maximum absolute atomic E-state index is 12.4. The van der Waals surface area contributed by atoms with E-state index in [1.165, 1.54) is 44.9 Å². The summed E-state index contributed by atoms with van der Waals surface area (Å²) in [6.07, 6.45) is -2.70. The van der Waals surface area contributed by atoms with E-state index in [1.807, 2.05) is 6.07 Å². The summed E-state index contributed by atoms with van der Waals surface area (Å²) in [4.78, 5) is 54.7. The molecule has 0 amide bonds. The quantitative estimate of drug-likeness (QED) is 0.0800. The Morgan fingerprint density at radius 2 is 1.67 bits per heavy atom. The van der Waals surface area contributed by atoms with Crippen molar-refractivity contribution in [3.63, 3.8) is 0 Å². The highest BCUT2D eigenvalue weighted by Crippen LogP contribution is 2.30. The Kier molecular flexibility index (Phi) is 9.20.